The highest BCUT2D eigenvalue weighted by Gasteiger charge is 2.22. The van der Waals surface area contributed by atoms with E-state index < -0.39 is 27.9 Å². The Morgan fingerprint density at radius 1 is 1.27 bits per heavy atom. The highest BCUT2D eigenvalue weighted by atomic mass is 32.2. The van der Waals surface area contributed by atoms with Gasteiger partial charge in [-0.05, 0) is 29.4 Å². The molecule has 0 aliphatic carbocycles. The minimum absolute atomic E-state index is 0.0274. The Bertz CT molecular complexity index is 737. The summed E-state index contributed by atoms with van der Waals surface area (Å²) >= 11 is -1.77. The summed E-state index contributed by atoms with van der Waals surface area (Å²) in [5, 5.41) is 19.7. The molecule has 2 aromatic carbocycles. The van der Waals surface area contributed by atoms with Gasteiger partial charge in [-0.2, -0.15) is 0 Å². The Labute approximate surface area is 127 Å². The lowest BCUT2D eigenvalue weighted by molar-refractivity contribution is -0.384. The third-order valence-corrected chi connectivity index (χ3v) is 4.28. The number of nitro benzene ring substituents is 1. The molecule has 0 radical (unpaired) electrons. The predicted octanol–water partition coefficient (Wildman–Crippen LogP) is 2.74. The van der Waals surface area contributed by atoms with E-state index in [0.717, 1.165) is 18.2 Å². The van der Waals surface area contributed by atoms with Crippen molar-refractivity contribution in [3.05, 3.63) is 69.5 Å². The van der Waals surface area contributed by atoms with E-state index >= 15 is 0 Å². The van der Waals surface area contributed by atoms with E-state index in [9.17, 15) is 23.9 Å². The Balaban J connectivity index is 2.29. The minimum Gasteiger partial charge on any atom is -0.611 e. The van der Waals surface area contributed by atoms with Crippen LogP contribution in [0.4, 0.5) is 10.1 Å². The first-order chi connectivity index (χ1) is 10.4. The van der Waals surface area contributed by atoms with Gasteiger partial charge in [-0.3, -0.25) is 10.1 Å². The highest BCUT2D eigenvalue weighted by molar-refractivity contribution is 7.90. The van der Waals surface area contributed by atoms with Gasteiger partial charge in [-0.1, -0.05) is 12.1 Å². The molecular weight excluding hydrogens is 313 g/mol. The van der Waals surface area contributed by atoms with Crippen LogP contribution >= 0.6 is 0 Å². The molecule has 0 spiro atoms. The van der Waals surface area contributed by atoms with Gasteiger partial charge in [0.25, 0.3) is 5.69 Å². The fourth-order valence-corrected chi connectivity index (χ4v) is 3.11. The molecule has 0 bridgehead atoms. The summed E-state index contributed by atoms with van der Waals surface area (Å²) in [6, 6.07) is 8.53. The summed E-state index contributed by atoms with van der Waals surface area (Å²) in [5.41, 5.74) is -0.107. The normalized spacial score (nSPS) is 11.9. The molecule has 1 atom stereocenters. The van der Waals surface area contributed by atoms with E-state index in [-0.39, 0.29) is 21.9 Å². The number of hydrogen-bond donors (Lipinski definition) is 1. The maximum atomic E-state index is 13.1. The number of hydrogen-bond acceptors (Lipinski definition) is 4. The topological polar surface area (TPSA) is 104 Å². The minimum atomic E-state index is -1.77. The first kappa shape index (κ1) is 15.9. The molecule has 0 aromatic heterocycles. The Morgan fingerprint density at radius 3 is 2.64 bits per heavy atom. The number of benzene rings is 2. The monoisotopic (exact) mass is 323 g/mol. The number of aromatic carboxylic acids is 1. The Kier molecular flexibility index (Phi) is 4.74. The number of nitrogens with zero attached hydrogens (tertiary/aromatic N) is 1. The van der Waals surface area contributed by atoms with Gasteiger partial charge in [0.2, 0.25) is 0 Å². The summed E-state index contributed by atoms with van der Waals surface area (Å²) in [7, 11) is 0. The molecule has 114 valence electrons. The number of nitro groups is 1. The summed E-state index contributed by atoms with van der Waals surface area (Å²) in [6.07, 6.45) is 0. The van der Waals surface area contributed by atoms with Crippen molar-refractivity contribution in [2.75, 3.05) is 0 Å². The van der Waals surface area contributed by atoms with Crippen LogP contribution in [0.3, 0.4) is 0 Å². The second-order valence-corrected chi connectivity index (χ2v) is 5.78. The molecule has 0 fully saturated rings. The average Bonchev–Trinajstić information content (AvgIpc) is 2.47. The number of carbonyl (C=O) groups is 1. The van der Waals surface area contributed by atoms with Gasteiger partial charge in [0.15, 0.2) is 4.90 Å². The van der Waals surface area contributed by atoms with E-state index in [0.29, 0.717) is 5.56 Å². The molecule has 6 nitrogen and oxygen atoms in total. The highest BCUT2D eigenvalue weighted by Crippen LogP contribution is 2.23. The lowest BCUT2D eigenvalue weighted by Gasteiger charge is -2.12. The molecule has 0 amide bonds. The number of carboxylic acid groups (broad SMARTS) is 1. The zero-order valence-electron chi connectivity index (χ0n) is 11.1. The smallest absolute Gasteiger partial charge is 0.340 e. The molecule has 2 aromatic rings. The fourth-order valence-electron chi connectivity index (χ4n) is 1.86. The Hall–Kier alpha value is -2.45. The van der Waals surface area contributed by atoms with Crippen molar-refractivity contribution in [1.82, 2.24) is 0 Å². The van der Waals surface area contributed by atoms with Crippen LogP contribution in [0.2, 0.25) is 0 Å². The lowest BCUT2D eigenvalue weighted by Crippen LogP contribution is -2.12. The first-order valence-electron chi connectivity index (χ1n) is 6.03. The van der Waals surface area contributed by atoms with Gasteiger partial charge < -0.3 is 9.66 Å². The van der Waals surface area contributed by atoms with Crippen LogP contribution in [0, 0.1) is 15.9 Å². The molecule has 0 aliphatic rings. The Morgan fingerprint density at radius 2 is 2.00 bits per heavy atom. The summed E-state index contributed by atoms with van der Waals surface area (Å²) in [4.78, 5) is 21.2. The maximum absolute atomic E-state index is 13.1. The standard InChI is InChI=1S/C14H10FNO5S/c15-10-4-5-13(12(7-10)14(17)18)22(21)8-9-2-1-3-11(6-9)16(19)20/h1-7H,8H2,(H,17,18). The van der Waals surface area contributed by atoms with Crippen molar-refractivity contribution in [2.45, 2.75) is 10.6 Å². The molecule has 0 saturated carbocycles. The molecule has 1 unspecified atom stereocenters. The van der Waals surface area contributed by atoms with Crippen molar-refractivity contribution in [3.8, 4) is 0 Å². The summed E-state index contributed by atoms with van der Waals surface area (Å²) < 4.78 is 25.4. The van der Waals surface area contributed by atoms with Gasteiger partial charge in [-0.15, -0.1) is 0 Å². The third kappa shape index (κ3) is 3.60. The van der Waals surface area contributed by atoms with Gasteiger partial charge in [-0.25, -0.2) is 9.18 Å². The average molecular weight is 323 g/mol. The zero-order chi connectivity index (χ0) is 16.3. The molecule has 2 rings (SSSR count). The number of non-ortho nitro benzene ring substituents is 1. The lowest BCUT2D eigenvalue weighted by atomic mass is 10.2. The van der Waals surface area contributed by atoms with Crippen molar-refractivity contribution < 1.29 is 23.8 Å². The molecule has 0 aliphatic heterocycles. The van der Waals surface area contributed by atoms with Crippen molar-refractivity contribution in [1.29, 1.82) is 0 Å². The van der Waals surface area contributed by atoms with E-state index in [4.69, 9.17) is 5.11 Å². The first-order valence-corrected chi connectivity index (χ1v) is 7.35. The van der Waals surface area contributed by atoms with Crippen LogP contribution in [0.25, 0.3) is 0 Å². The van der Waals surface area contributed by atoms with E-state index in [1.807, 2.05) is 0 Å². The van der Waals surface area contributed by atoms with Crippen LogP contribution in [-0.2, 0) is 16.9 Å². The van der Waals surface area contributed by atoms with E-state index in [2.05, 4.69) is 0 Å². The van der Waals surface area contributed by atoms with Crippen LogP contribution in [0.15, 0.2) is 47.4 Å². The van der Waals surface area contributed by atoms with Gasteiger partial charge in [0.1, 0.15) is 17.1 Å². The number of carboxylic acids is 1. The van der Waals surface area contributed by atoms with Crippen molar-refractivity contribution >= 4 is 22.8 Å². The third-order valence-electron chi connectivity index (χ3n) is 2.84. The maximum Gasteiger partial charge on any atom is 0.340 e. The van der Waals surface area contributed by atoms with Crippen molar-refractivity contribution in [3.63, 3.8) is 0 Å². The molecule has 8 heteroatoms. The molecule has 1 N–H and O–H groups in total. The number of halogens is 1. The van der Waals surface area contributed by atoms with Gasteiger partial charge >= 0.3 is 5.97 Å². The largest absolute Gasteiger partial charge is 0.611 e. The van der Waals surface area contributed by atoms with E-state index in [1.165, 1.54) is 18.2 Å². The quantitative estimate of drug-likeness (QED) is 0.517. The molecule has 22 heavy (non-hydrogen) atoms. The van der Waals surface area contributed by atoms with Gasteiger partial charge in [0, 0.05) is 17.7 Å². The summed E-state index contributed by atoms with van der Waals surface area (Å²) in [6.45, 7) is 0. The molecule has 0 saturated heterocycles. The molecular formula is C14H10FNO5S. The fraction of sp³-hybridized carbons (Fsp3) is 0.0714. The predicted molar refractivity (Wildman–Crippen MR) is 76.6 cm³/mol. The second-order valence-electron chi connectivity index (χ2n) is 4.36. The number of rotatable bonds is 5. The van der Waals surface area contributed by atoms with Crippen LogP contribution in [-0.4, -0.2) is 20.6 Å². The zero-order valence-corrected chi connectivity index (χ0v) is 11.9. The summed E-state index contributed by atoms with van der Waals surface area (Å²) in [5.74, 6) is -2.23. The SMILES string of the molecule is O=C(O)c1cc(F)ccc1[S+]([O-])Cc1cccc([N+](=O)[O-])c1. The van der Waals surface area contributed by atoms with Crippen LogP contribution < -0.4 is 0 Å². The van der Waals surface area contributed by atoms with Crippen LogP contribution in [0.1, 0.15) is 15.9 Å². The van der Waals surface area contributed by atoms with Gasteiger partial charge in [0.05, 0.1) is 4.92 Å². The van der Waals surface area contributed by atoms with E-state index in [1.54, 1.807) is 6.07 Å². The molecule has 0 heterocycles. The van der Waals surface area contributed by atoms with Crippen LogP contribution in [0.5, 0.6) is 0 Å². The van der Waals surface area contributed by atoms with Crippen molar-refractivity contribution in [2.24, 2.45) is 0 Å². The second kappa shape index (κ2) is 6.54.